The molecular weight excluding hydrogens is 256 g/mol. The minimum absolute atomic E-state index is 0.311. The van der Waals surface area contributed by atoms with Gasteiger partial charge in [0.2, 0.25) is 5.91 Å². The van der Waals surface area contributed by atoms with E-state index in [1.165, 1.54) is 6.20 Å². The summed E-state index contributed by atoms with van der Waals surface area (Å²) < 4.78 is 0. The summed E-state index contributed by atoms with van der Waals surface area (Å²) in [6, 6.07) is 7.86. The summed E-state index contributed by atoms with van der Waals surface area (Å²) in [7, 11) is 0. The second-order valence-electron chi connectivity index (χ2n) is 4.30. The van der Waals surface area contributed by atoms with Crippen molar-refractivity contribution in [2.75, 3.05) is 11.1 Å². The van der Waals surface area contributed by atoms with Crippen molar-refractivity contribution in [2.24, 2.45) is 5.73 Å². The van der Waals surface area contributed by atoms with Crippen LogP contribution < -0.4 is 16.8 Å². The van der Waals surface area contributed by atoms with Gasteiger partial charge in [-0.1, -0.05) is 0 Å². The molecule has 102 valence electrons. The van der Waals surface area contributed by atoms with Crippen molar-refractivity contribution >= 4 is 23.2 Å². The van der Waals surface area contributed by atoms with Gasteiger partial charge >= 0.3 is 0 Å². The third kappa shape index (κ3) is 2.92. The van der Waals surface area contributed by atoms with Gasteiger partial charge in [-0.2, -0.15) is 0 Å². The number of nitrogens with one attached hydrogen (secondary N) is 1. The molecule has 6 heteroatoms. The van der Waals surface area contributed by atoms with Crippen molar-refractivity contribution in [2.45, 2.75) is 6.92 Å². The largest absolute Gasteiger partial charge is 0.397 e. The number of aromatic nitrogens is 1. The van der Waals surface area contributed by atoms with Crippen LogP contribution >= 0.6 is 0 Å². The molecule has 0 unspecified atom stereocenters. The molecule has 2 aromatic rings. The van der Waals surface area contributed by atoms with Crippen molar-refractivity contribution in [1.82, 2.24) is 4.98 Å². The molecule has 6 nitrogen and oxygen atoms in total. The fourth-order valence-electron chi connectivity index (χ4n) is 1.70. The average Bonchev–Trinajstić information content (AvgIpc) is 2.42. The molecule has 5 N–H and O–H groups in total. The SMILES string of the molecule is Cc1ncc(N)cc1C(=O)Nc1ccc(C(N)=O)cc1. The molecule has 20 heavy (non-hydrogen) atoms. The number of hydrogen-bond acceptors (Lipinski definition) is 4. The van der Waals surface area contributed by atoms with Gasteiger partial charge in [0.05, 0.1) is 23.1 Å². The van der Waals surface area contributed by atoms with Gasteiger partial charge in [-0.25, -0.2) is 0 Å². The normalized spacial score (nSPS) is 10.1. The van der Waals surface area contributed by atoms with E-state index in [1.807, 2.05) is 0 Å². The van der Waals surface area contributed by atoms with E-state index < -0.39 is 5.91 Å². The summed E-state index contributed by atoms with van der Waals surface area (Å²) in [4.78, 5) is 27.1. The first kappa shape index (κ1) is 13.5. The molecule has 0 aliphatic heterocycles. The van der Waals surface area contributed by atoms with Gasteiger partial charge in [-0.3, -0.25) is 14.6 Å². The van der Waals surface area contributed by atoms with Crippen molar-refractivity contribution < 1.29 is 9.59 Å². The zero-order valence-electron chi connectivity index (χ0n) is 10.9. The Hall–Kier alpha value is -2.89. The zero-order valence-corrected chi connectivity index (χ0v) is 10.9. The molecule has 0 bridgehead atoms. The van der Waals surface area contributed by atoms with Crippen LogP contribution in [0.4, 0.5) is 11.4 Å². The Morgan fingerprint density at radius 3 is 2.45 bits per heavy atom. The van der Waals surface area contributed by atoms with Crippen LogP contribution in [-0.2, 0) is 0 Å². The van der Waals surface area contributed by atoms with Gasteiger partial charge in [0.15, 0.2) is 0 Å². The van der Waals surface area contributed by atoms with E-state index in [0.29, 0.717) is 28.2 Å². The molecule has 0 atom stereocenters. The third-order valence-electron chi connectivity index (χ3n) is 2.78. The van der Waals surface area contributed by atoms with Crippen molar-refractivity contribution in [3.05, 3.63) is 53.3 Å². The van der Waals surface area contributed by atoms with E-state index in [2.05, 4.69) is 10.3 Å². The van der Waals surface area contributed by atoms with E-state index in [9.17, 15) is 9.59 Å². The highest BCUT2D eigenvalue weighted by Crippen LogP contribution is 2.14. The van der Waals surface area contributed by atoms with Crippen LogP contribution in [0.1, 0.15) is 26.4 Å². The fraction of sp³-hybridized carbons (Fsp3) is 0.0714. The van der Waals surface area contributed by atoms with Gasteiger partial charge in [-0.05, 0) is 37.3 Å². The predicted octanol–water partition coefficient (Wildman–Crippen LogP) is 1.32. The second-order valence-corrected chi connectivity index (χ2v) is 4.30. The molecule has 1 aromatic carbocycles. The molecule has 1 aromatic heterocycles. The number of rotatable bonds is 3. The summed E-state index contributed by atoms with van der Waals surface area (Å²) in [5.74, 6) is -0.826. The number of carbonyl (C=O) groups is 2. The number of nitrogens with two attached hydrogens (primary N) is 2. The molecule has 0 fully saturated rings. The van der Waals surface area contributed by atoms with Crippen LogP contribution in [0.2, 0.25) is 0 Å². The molecule has 0 saturated heterocycles. The number of carbonyl (C=O) groups excluding carboxylic acids is 2. The Bertz CT molecular complexity index is 665. The van der Waals surface area contributed by atoms with Crippen LogP contribution in [0.25, 0.3) is 0 Å². The Morgan fingerprint density at radius 1 is 1.20 bits per heavy atom. The quantitative estimate of drug-likeness (QED) is 0.781. The Kier molecular flexibility index (Phi) is 3.65. The summed E-state index contributed by atoms with van der Waals surface area (Å²) in [5, 5.41) is 2.71. The molecule has 0 aliphatic carbocycles. The van der Waals surface area contributed by atoms with Crippen molar-refractivity contribution in [3.8, 4) is 0 Å². The number of benzene rings is 1. The molecule has 0 spiro atoms. The number of nitrogens with zero attached hydrogens (tertiary/aromatic N) is 1. The topological polar surface area (TPSA) is 111 Å². The number of anilines is 2. The lowest BCUT2D eigenvalue weighted by Crippen LogP contribution is -2.15. The highest BCUT2D eigenvalue weighted by Gasteiger charge is 2.11. The van der Waals surface area contributed by atoms with Gasteiger partial charge < -0.3 is 16.8 Å². The first-order valence-electron chi connectivity index (χ1n) is 5.90. The zero-order chi connectivity index (χ0) is 14.7. The summed E-state index contributed by atoms with van der Waals surface area (Å²) >= 11 is 0. The number of hydrogen-bond donors (Lipinski definition) is 3. The first-order valence-corrected chi connectivity index (χ1v) is 5.90. The number of pyridine rings is 1. The van der Waals surface area contributed by atoms with Gasteiger partial charge in [-0.15, -0.1) is 0 Å². The Balaban J connectivity index is 2.19. The minimum Gasteiger partial charge on any atom is -0.397 e. The maximum absolute atomic E-state index is 12.1. The lowest BCUT2D eigenvalue weighted by molar-refractivity contribution is 0.0998. The Morgan fingerprint density at radius 2 is 1.85 bits per heavy atom. The van der Waals surface area contributed by atoms with Crippen LogP contribution in [0.15, 0.2) is 36.5 Å². The summed E-state index contributed by atoms with van der Waals surface area (Å²) in [6.45, 7) is 1.73. The molecule has 1 heterocycles. The van der Waals surface area contributed by atoms with E-state index in [0.717, 1.165) is 0 Å². The number of amides is 2. The average molecular weight is 270 g/mol. The van der Waals surface area contributed by atoms with E-state index in [4.69, 9.17) is 11.5 Å². The Labute approximate surface area is 115 Å². The molecule has 2 rings (SSSR count). The third-order valence-corrected chi connectivity index (χ3v) is 2.78. The molecule has 2 amide bonds. The summed E-state index contributed by atoms with van der Waals surface area (Å²) in [6.07, 6.45) is 1.49. The van der Waals surface area contributed by atoms with Crippen LogP contribution in [-0.4, -0.2) is 16.8 Å². The van der Waals surface area contributed by atoms with Crippen LogP contribution in [0, 0.1) is 6.92 Å². The minimum atomic E-state index is -0.515. The van der Waals surface area contributed by atoms with E-state index in [1.54, 1.807) is 37.3 Å². The monoisotopic (exact) mass is 270 g/mol. The second kappa shape index (κ2) is 5.40. The summed E-state index contributed by atoms with van der Waals surface area (Å²) in [5.41, 5.74) is 13.1. The van der Waals surface area contributed by atoms with E-state index >= 15 is 0 Å². The first-order chi connectivity index (χ1) is 9.47. The van der Waals surface area contributed by atoms with Crippen molar-refractivity contribution in [1.29, 1.82) is 0 Å². The fourth-order valence-corrected chi connectivity index (χ4v) is 1.70. The smallest absolute Gasteiger partial charge is 0.257 e. The van der Waals surface area contributed by atoms with E-state index in [-0.39, 0.29) is 5.91 Å². The number of primary amides is 1. The maximum Gasteiger partial charge on any atom is 0.257 e. The van der Waals surface area contributed by atoms with Gasteiger partial charge in [0.25, 0.3) is 5.91 Å². The molecule has 0 radical (unpaired) electrons. The number of aryl methyl sites for hydroxylation is 1. The van der Waals surface area contributed by atoms with Gasteiger partial charge in [0, 0.05) is 11.3 Å². The highest BCUT2D eigenvalue weighted by atomic mass is 16.2. The van der Waals surface area contributed by atoms with Crippen molar-refractivity contribution in [3.63, 3.8) is 0 Å². The molecule has 0 aliphatic rings. The van der Waals surface area contributed by atoms with Crippen LogP contribution in [0.5, 0.6) is 0 Å². The number of nitrogen functional groups attached to an aromatic ring is 1. The molecular formula is C14H14N4O2. The predicted molar refractivity (Wildman–Crippen MR) is 76.3 cm³/mol. The highest BCUT2D eigenvalue weighted by molar-refractivity contribution is 6.05. The lowest BCUT2D eigenvalue weighted by atomic mass is 10.1. The van der Waals surface area contributed by atoms with Gasteiger partial charge in [0.1, 0.15) is 0 Å². The molecule has 0 saturated carbocycles. The standard InChI is InChI=1S/C14H14N4O2/c1-8-12(6-10(15)7-17-8)14(20)18-11-4-2-9(3-5-11)13(16)19/h2-7H,15H2,1H3,(H2,16,19)(H,18,20). The van der Waals surface area contributed by atoms with Crippen LogP contribution in [0.3, 0.4) is 0 Å². The maximum atomic E-state index is 12.1. The lowest BCUT2D eigenvalue weighted by Gasteiger charge is -2.08.